The molecule has 0 radical (unpaired) electrons. The molecule has 7 nitrogen and oxygen atoms in total. The predicted molar refractivity (Wildman–Crippen MR) is 82.3 cm³/mol. The van der Waals surface area contributed by atoms with E-state index >= 15 is 0 Å². The first-order chi connectivity index (χ1) is 10.9. The fourth-order valence-electron chi connectivity index (χ4n) is 2.77. The van der Waals surface area contributed by atoms with Crippen molar-refractivity contribution in [1.29, 1.82) is 0 Å². The van der Waals surface area contributed by atoms with Gasteiger partial charge >= 0.3 is 6.09 Å². The number of carbonyl (C=O) groups excluding carboxylic acids is 1. The van der Waals surface area contributed by atoms with Crippen LogP contribution in [0.4, 0.5) is 20.8 Å². The third-order valence-corrected chi connectivity index (χ3v) is 4.47. The van der Waals surface area contributed by atoms with Crippen LogP contribution in [0.5, 0.6) is 0 Å². The molecule has 2 N–H and O–H groups in total. The van der Waals surface area contributed by atoms with Crippen LogP contribution in [-0.4, -0.2) is 58.6 Å². The van der Waals surface area contributed by atoms with Gasteiger partial charge in [-0.15, -0.1) is 0 Å². The van der Waals surface area contributed by atoms with Crippen molar-refractivity contribution < 1.29 is 19.1 Å². The number of carbonyl (C=O) groups is 2. The van der Waals surface area contributed by atoms with Crippen molar-refractivity contribution >= 4 is 23.5 Å². The number of carboxylic acid groups (broad SMARTS) is 1. The van der Waals surface area contributed by atoms with E-state index < -0.39 is 17.4 Å². The number of ketones is 1. The second-order valence-electron chi connectivity index (χ2n) is 6.02. The van der Waals surface area contributed by atoms with Gasteiger partial charge < -0.3 is 20.2 Å². The number of nitrogens with one attached hydrogen (secondary N) is 1. The Morgan fingerprint density at radius 2 is 1.91 bits per heavy atom. The van der Waals surface area contributed by atoms with Gasteiger partial charge in [-0.2, -0.15) is 0 Å². The van der Waals surface area contributed by atoms with E-state index in [1.807, 2.05) is 0 Å². The molecule has 1 amide bonds. The molecule has 3 rings (SSSR count). The Balaban J connectivity index is 1.74. The number of rotatable bonds is 4. The van der Waals surface area contributed by atoms with Crippen molar-refractivity contribution in [3.63, 3.8) is 0 Å². The lowest BCUT2D eigenvalue weighted by atomic mass is 10.2. The smallest absolute Gasteiger partial charge is 0.407 e. The molecule has 1 aliphatic carbocycles. The minimum atomic E-state index is -0.967. The van der Waals surface area contributed by atoms with Crippen LogP contribution in [0.25, 0.3) is 0 Å². The molecular formula is C15H19FN4O3. The number of pyridine rings is 1. The lowest BCUT2D eigenvalue weighted by Crippen LogP contribution is -2.48. The maximum atomic E-state index is 14.1. The van der Waals surface area contributed by atoms with E-state index in [9.17, 15) is 14.0 Å². The van der Waals surface area contributed by atoms with Gasteiger partial charge in [-0.05, 0) is 31.9 Å². The summed E-state index contributed by atoms with van der Waals surface area (Å²) in [5.41, 5.74) is -0.551. The summed E-state index contributed by atoms with van der Waals surface area (Å²) in [6.45, 7) is 2.93. The van der Waals surface area contributed by atoms with E-state index in [-0.39, 0.29) is 11.6 Å². The molecule has 1 aromatic rings. The van der Waals surface area contributed by atoms with Crippen LogP contribution < -0.4 is 10.2 Å². The van der Waals surface area contributed by atoms with Crippen LogP contribution in [0.1, 0.15) is 19.8 Å². The molecule has 0 atom stereocenters. The Morgan fingerprint density at radius 1 is 1.26 bits per heavy atom. The summed E-state index contributed by atoms with van der Waals surface area (Å²) in [4.78, 5) is 29.9. The molecule has 2 fully saturated rings. The van der Waals surface area contributed by atoms with Gasteiger partial charge in [0.2, 0.25) is 0 Å². The summed E-state index contributed by atoms with van der Waals surface area (Å²) in [7, 11) is 0. The molecule has 0 bridgehead atoms. The zero-order valence-electron chi connectivity index (χ0n) is 12.9. The minimum absolute atomic E-state index is 0.0558. The molecule has 2 heterocycles. The third kappa shape index (κ3) is 3.06. The Bertz CT molecular complexity index is 640. The Kier molecular flexibility index (Phi) is 3.83. The molecule has 1 aromatic heterocycles. The Labute approximate surface area is 133 Å². The summed E-state index contributed by atoms with van der Waals surface area (Å²) in [5, 5.41) is 12.1. The Hall–Kier alpha value is -2.38. The van der Waals surface area contributed by atoms with Crippen molar-refractivity contribution in [2.45, 2.75) is 25.3 Å². The number of nitrogens with zero attached hydrogens (tertiary/aromatic N) is 3. The number of anilines is 2. The van der Waals surface area contributed by atoms with Gasteiger partial charge in [0, 0.05) is 26.2 Å². The van der Waals surface area contributed by atoms with Gasteiger partial charge in [-0.25, -0.2) is 14.2 Å². The normalized spacial score (nSPS) is 19.4. The van der Waals surface area contributed by atoms with E-state index in [1.54, 1.807) is 4.90 Å². The van der Waals surface area contributed by atoms with E-state index in [1.165, 1.54) is 24.0 Å². The molecular weight excluding hydrogens is 303 g/mol. The van der Waals surface area contributed by atoms with Crippen LogP contribution in [0.3, 0.4) is 0 Å². The summed E-state index contributed by atoms with van der Waals surface area (Å²) in [6, 6.07) is 2.85. The standard InChI is InChI=1S/C15H19FN4O3/c1-10(21)15(4-5-15)18-12-3-2-11(16)13(17-12)19-6-8-20(9-7-19)14(22)23/h2-3H,4-9H2,1H3,(H,17,18)(H,22,23). The van der Waals surface area contributed by atoms with E-state index in [0.29, 0.717) is 32.0 Å². The molecule has 23 heavy (non-hydrogen) atoms. The zero-order valence-corrected chi connectivity index (χ0v) is 12.9. The predicted octanol–water partition coefficient (Wildman–Crippen LogP) is 1.55. The van der Waals surface area contributed by atoms with E-state index in [2.05, 4.69) is 10.3 Å². The fourth-order valence-corrected chi connectivity index (χ4v) is 2.77. The highest BCUT2D eigenvalue weighted by molar-refractivity contribution is 5.92. The zero-order chi connectivity index (χ0) is 16.6. The van der Waals surface area contributed by atoms with Crippen molar-refractivity contribution in [3.05, 3.63) is 17.9 Å². The summed E-state index contributed by atoms with van der Waals surface area (Å²) < 4.78 is 14.1. The molecule has 1 aliphatic heterocycles. The van der Waals surface area contributed by atoms with E-state index in [4.69, 9.17) is 5.11 Å². The topological polar surface area (TPSA) is 85.8 Å². The number of halogens is 1. The maximum Gasteiger partial charge on any atom is 0.407 e. The van der Waals surface area contributed by atoms with Gasteiger partial charge in [0.1, 0.15) is 5.82 Å². The van der Waals surface area contributed by atoms with Crippen LogP contribution in [0.2, 0.25) is 0 Å². The molecule has 8 heteroatoms. The van der Waals surface area contributed by atoms with Gasteiger partial charge in [0.25, 0.3) is 0 Å². The second-order valence-corrected chi connectivity index (χ2v) is 6.02. The molecule has 0 unspecified atom stereocenters. The summed E-state index contributed by atoms with van der Waals surface area (Å²) >= 11 is 0. The van der Waals surface area contributed by atoms with Crippen molar-refractivity contribution in [2.75, 3.05) is 36.4 Å². The molecule has 1 saturated heterocycles. The van der Waals surface area contributed by atoms with Crippen molar-refractivity contribution in [3.8, 4) is 0 Å². The lowest BCUT2D eigenvalue weighted by molar-refractivity contribution is -0.118. The van der Waals surface area contributed by atoms with Gasteiger partial charge in [-0.3, -0.25) is 4.79 Å². The van der Waals surface area contributed by atoms with Crippen molar-refractivity contribution in [1.82, 2.24) is 9.88 Å². The monoisotopic (exact) mass is 322 g/mol. The molecule has 0 spiro atoms. The molecule has 124 valence electrons. The number of aromatic nitrogens is 1. The largest absolute Gasteiger partial charge is 0.465 e. The first-order valence-electron chi connectivity index (χ1n) is 7.60. The number of hydrogen-bond donors (Lipinski definition) is 2. The number of piperazine rings is 1. The quantitative estimate of drug-likeness (QED) is 0.875. The number of Topliss-reactive ketones (excluding diaryl/α,β-unsaturated/α-hetero) is 1. The van der Waals surface area contributed by atoms with Gasteiger partial charge in [0.15, 0.2) is 17.4 Å². The van der Waals surface area contributed by atoms with Crippen molar-refractivity contribution in [2.24, 2.45) is 0 Å². The summed E-state index contributed by atoms with van der Waals surface area (Å²) in [5.74, 6) is 0.265. The number of hydrogen-bond acceptors (Lipinski definition) is 5. The second kappa shape index (κ2) is 5.68. The van der Waals surface area contributed by atoms with Gasteiger partial charge in [0.05, 0.1) is 5.54 Å². The SMILES string of the molecule is CC(=O)C1(Nc2ccc(F)c(N3CCN(C(=O)O)CC3)n2)CC1. The molecule has 0 aromatic carbocycles. The average molecular weight is 322 g/mol. The highest BCUT2D eigenvalue weighted by atomic mass is 19.1. The average Bonchev–Trinajstić information content (AvgIpc) is 3.30. The van der Waals surface area contributed by atoms with Crippen LogP contribution >= 0.6 is 0 Å². The fraction of sp³-hybridized carbons (Fsp3) is 0.533. The first-order valence-corrected chi connectivity index (χ1v) is 7.60. The van der Waals surface area contributed by atoms with Crippen LogP contribution in [0.15, 0.2) is 12.1 Å². The third-order valence-electron chi connectivity index (χ3n) is 4.47. The van der Waals surface area contributed by atoms with E-state index in [0.717, 1.165) is 12.8 Å². The lowest BCUT2D eigenvalue weighted by Gasteiger charge is -2.34. The summed E-state index contributed by atoms with van der Waals surface area (Å²) in [6.07, 6.45) is 0.549. The molecule has 2 aliphatic rings. The molecule has 1 saturated carbocycles. The highest BCUT2D eigenvalue weighted by Crippen LogP contribution is 2.39. The number of amides is 1. The Morgan fingerprint density at radius 3 is 2.43 bits per heavy atom. The highest BCUT2D eigenvalue weighted by Gasteiger charge is 2.47. The minimum Gasteiger partial charge on any atom is -0.465 e. The van der Waals surface area contributed by atoms with Crippen LogP contribution in [0, 0.1) is 5.82 Å². The first kappa shape index (κ1) is 15.5. The van der Waals surface area contributed by atoms with Crippen LogP contribution in [-0.2, 0) is 4.79 Å². The maximum absolute atomic E-state index is 14.1. The van der Waals surface area contributed by atoms with Gasteiger partial charge in [-0.1, -0.05) is 0 Å².